The van der Waals surface area contributed by atoms with Crippen LogP contribution in [0.25, 0.3) is 0 Å². The zero-order valence-electron chi connectivity index (χ0n) is 17.1. The summed E-state index contributed by atoms with van der Waals surface area (Å²) in [6, 6.07) is 8.90. The van der Waals surface area contributed by atoms with E-state index in [2.05, 4.69) is 9.62 Å². The topological polar surface area (TPSA) is 108 Å². The molecule has 1 heterocycles. The monoisotopic (exact) mass is 435 g/mol. The number of sulfonamides is 1. The van der Waals surface area contributed by atoms with Gasteiger partial charge in [0.1, 0.15) is 16.4 Å². The summed E-state index contributed by atoms with van der Waals surface area (Å²) >= 11 is 0. The molecule has 9 nitrogen and oxygen atoms in total. The van der Waals surface area contributed by atoms with Crippen LogP contribution < -0.4 is 19.1 Å². The summed E-state index contributed by atoms with van der Waals surface area (Å²) in [6.07, 6.45) is 0. The third kappa shape index (κ3) is 4.60. The molecule has 162 valence electrons. The predicted molar refractivity (Wildman–Crippen MR) is 113 cm³/mol. The van der Waals surface area contributed by atoms with E-state index in [-0.39, 0.29) is 21.9 Å². The molecule has 0 saturated carbocycles. The number of hydrogen-bond acceptors (Lipinski definition) is 7. The lowest BCUT2D eigenvalue weighted by Crippen LogP contribution is -2.44. The second-order valence-corrected chi connectivity index (χ2v) is 8.60. The van der Waals surface area contributed by atoms with Crippen molar-refractivity contribution < 1.29 is 27.8 Å². The molecule has 0 aromatic heterocycles. The van der Waals surface area contributed by atoms with Crippen LogP contribution in [0.15, 0.2) is 41.3 Å². The van der Waals surface area contributed by atoms with E-state index in [1.807, 2.05) is 11.9 Å². The summed E-state index contributed by atoms with van der Waals surface area (Å²) in [5.74, 6) is -0.632. The summed E-state index contributed by atoms with van der Waals surface area (Å²) in [4.78, 5) is 15.6. The number of piperazine rings is 1. The predicted octanol–water partition coefficient (Wildman–Crippen LogP) is 1.95. The van der Waals surface area contributed by atoms with Crippen molar-refractivity contribution in [3.05, 3.63) is 42.0 Å². The van der Waals surface area contributed by atoms with Crippen LogP contribution >= 0.6 is 0 Å². The average Bonchev–Trinajstić information content (AvgIpc) is 2.73. The first-order valence-electron chi connectivity index (χ1n) is 9.31. The zero-order chi connectivity index (χ0) is 21.9. The first kappa shape index (κ1) is 21.7. The number of ether oxygens (including phenoxy) is 2. The maximum atomic E-state index is 13.2. The largest absolute Gasteiger partial charge is 0.497 e. The number of methoxy groups -OCH3 is 2. The van der Waals surface area contributed by atoms with Gasteiger partial charge in [0.25, 0.3) is 10.0 Å². The fourth-order valence-electron chi connectivity index (χ4n) is 3.27. The molecule has 1 aliphatic heterocycles. The van der Waals surface area contributed by atoms with Gasteiger partial charge in [-0.15, -0.1) is 0 Å². The number of rotatable bonds is 7. The van der Waals surface area contributed by atoms with E-state index in [4.69, 9.17) is 9.47 Å². The number of anilines is 2. The third-order valence-corrected chi connectivity index (χ3v) is 6.38. The summed E-state index contributed by atoms with van der Waals surface area (Å²) in [6.45, 7) is 3.02. The van der Waals surface area contributed by atoms with Crippen molar-refractivity contribution >= 4 is 27.4 Å². The van der Waals surface area contributed by atoms with Crippen molar-refractivity contribution in [2.45, 2.75) is 4.90 Å². The fraction of sp³-hybridized carbons (Fsp3) is 0.350. The van der Waals surface area contributed by atoms with E-state index in [1.54, 1.807) is 12.1 Å². The first-order chi connectivity index (χ1) is 14.2. The van der Waals surface area contributed by atoms with Gasteiger partial charge in [0, 0.05) is 32.2 Å². The van der Waals surface area contributed by atoms with Gasteiger partial charge in [-0.25, -0.2) is 13.2 Å². The Labute approximate surface area is 175 Å². The van der Waals surface area contributed by atoms with Crippen LogP contribution in [-0.4, -0.2) is 71.8 Å². The number of hydrogen-bond donors (Lipinski definition) is 2. The number of nitrogens with zero attached hydrogens (tertiary/aromatic N) is 2. The number of likely N-dealkylation sites (N-methyl/N-ethyl adjacent to an activating group) is 1. The molecule has 2 N–H and O–H groups in total. The molecule has 2 aromatic rings. The van der Waals surface area contributed by atoms with Gasteiger partial charge in [0.2, 0.25) is 0 Å². The van der Waals surface area contributed by atoms with Crippen LogP contribution in [-0.2, 0) is 10.0 Å². The number of benzene rings is 2. The molecule has 1 aliphatic rings. The van der Waals surface area contributed by atoms with Gasteiger partial charge in [-0.2, -0.15) is 0 Å². The first-order valence-corrected chi connectivity index (χ1v) is 10.8. The Bertz CT molecular complexity index is 1030. The lowest BCUT2D eigenvalue weighted by atomic mass is 10.1. The molecule has 0 spiro atoms. The molecule has 2 aromatic carbocycles. The lowest BCUT2D eigenvalue weighted by molar-refractivity contribution is 0.0697. The van der Waals surface area contributed by atoms with Gasteiger partial charge in [0.05, 0.1) is 31.2 Å². The smallest absolute Gasteiger partial charge is 0.335 e. The van der Waals surface area contributed by atoms with Crippen LogP contribution in [0.3, 0.4) is 0 Å². The lowest BCUT2D eigenvalue weighted by Gasteiger charge is -2.35. The van der Waals surface area contributed by atoms with Crippen LogP contribution in [0.5, 0.6) is 11.5 Å². The molecule has 3 rings (SSSR count). The van der Waals surface area contributed by atoms with E-state index in [0.29, 0.717) is 24.5 Å². The third-order valence-electron chi connectivity index (χ3n) is 4.99. The normalized spacial score (nSPS) is 15.0. The summed E-state index contributed by atoms with van der Waals surface area (Å²) < 4.78 is 39.3. The Kier molecular flexibility index (Phi) is 6.37. The van der Waals surface area contributed by atoms with E-state index in [0.717, 1.165) is 13.1 Å². The number of carboxylic acids is 1. The van der Waals surface area contributed by atoms with Crippen molar-refractivity contribution in [2.24, 2.45) is 0 Å². The van der Waals surface area contributed by atoms with E-state index < -0.39 is 16.0 Å². The second-order valence-electron chi connectivity index (χ2n) is 6.95. The van der Waals surface area contributed by atoms with Crippen molar-refractivity contribution in [3.63, 3.8) is 0 Å². The van der Waals surface area contributed by atoms with E-state index >= 15 is 0 Å². The minimum atomic E-state index is -4.09. The van der Waals surface area contributed by atoms with Gasteiger partial charge in [-0.3, -0.25) is 4.72 Å². The Hall–Kier alpha value is -2.98. The van der Waals surface area contributed by atoms with Gasteiger partial charge in [-0.1, -0.05) is 0 Å². The number of carbonyl (C=O) groups is 1. The van der Waals surface area contributed by atoms with Crippen LogP contribution in [0.2, 0.25) is 0 Å². The average molecular weight is 436 g/mol. The number of nitrogens with one attached hydrogen (secondary N) is 1. The van der Waals surface area contributed by atoms with Gasteiger partial charge < -0.3 is 24.4 Å². The van der Waals surface area contributed by atoms with Crippen LogP contribution in [0, 0.1) is 0 Å². The summed E-state index contributed by atoms with van der Waals surface area (Å²) in [5, 5.41) is 9.38. The van der Waals surface area contributed by atoms with Gasteiger partial charge in [0.15, 0.2) is 0 Å². The van der Waals surface area contributed by atoms with Crippen LogP contribution in [0.4, 0.5) is 11.4 Å². The van der Waals surface area contributed by atoms with Gasteiger partial charge in [-0.05, 0) is 37.4 Å². The molecule has 0 amide bonds. The molecule has 1 saturated heterocycles. The molecule has 0 aliphatic carbocycles. The quantitative estimate of drug-likeness (QED) is 0.679. The summed E-state index contributed by atoms with van der Waals surface area (Å²) in [7, 11) is 0.744. The van der Waals surface area contributed by atoms with Crippen molar-refractivity contribution in [2.75, 3.05) is 57.1 Å². The summed E-state index contributed by atoms with van der Waals surface area (Å²) in [5.41, 5.74) is 0.811. The molecule has 0 unspecified atom stereocenters. The zero-order valence-corrected chi connectivity index (χ0v) is 17.9. The highest BCUT2D eigenvalue weighted by molar-refractivity contribution is 7.92. The minimum Gasteiger partial charge on any atom is -0.497 e. The molecule has 10 heteroatoms. The standard InChI is InChI=1S/C20H25N3O6S/c1-22-8-10-23(11-9-22)17-6-4-14(20(24)25)12-16(17)21-30(26,27)19-13-15(28-2)5-7-18(19)29-3/h4-7,12-13,21H,8-11H2,1-3H3,(H,24,25). The Morgan fingerprint density at radius 1 is 1.03 bits per heavy atom. The molecular weight excluding hydrogens is 410 g/mol. The van der Waals surface area contributed by atoms with Gasteiger partial charge >= 0.3 is 5.97 Å². The van der Waals surface area contributed by atoms with Crippen molar-refractivity contribution in [1.82, 2.24) is 4.90 Å². The Morgan fingerprint density at radius 3 is 2.33 bits per heavy atom. The highest BCUT2D eigenvalue weighted by Gasteiger charge is 2.25. The fourth-order valence-corrected chi connectivity index (χ4v) is 4.52. The van der Waals surface area contributed by atoms with E-state index in [9.17, 15) is 18.3 Å². The van der Waals surface area contributed by atoms with Crippen LogP contribution in [0.1, 0.15) is 10.4 Å². The molecule has 30 heavy (non-hydrogen) atoms. The van der Waals surface area contributed by atoms with E-state index in [1.165, 1.54) is 38.5 Å². The second kappa shape index (κ2) is 8.80. The maximum Gasteiger partial charge on any atom is 0.335 e. The van der Waals surface area contributed by atoms with Crippen molar-refractivity contribution in [1.29, 1.82) is 0 Å². The number of aromatic carboxylic acids is 1. The highest BCUT2D eigenvalue weighted by Crippen LogP contribution is 2.34. The number of carboxylic acid groups (broad SMARTS) is 1. The molecule has 0 bridgehead atoms. The SMILES string of the molecule is COc1ccc(OC)c(S(=O)(=O)Nc2cc(C(=O)O)ccc2N2CCN(C)CC2)c1. The molecule has 0 radical (unpaired) electrons. The highest BCUT2D eigenvalue weighted by atomic mass is 32.2. The molecule has 0 atom stereocenters. The molecular formula is C20H25N3O6S. The Morgan fingerprint density at radius 2 is 1.73 bits per heavy atom. The molecule has 1 fully saturated rings. The maximum absolute atomic E-state index is 13.2. The van der Waals surface area contributed by atoms with Crippen molar-refractivity contribution in [3.8, 4) is 11.5 Å². The Balaban J connectivity index is 2.04. The minimum absolute atomic E-state index is 0.0109.